The lowest BCUT2D eigenvalue weighted by molar-refractivity contribution is 0.0935. The van der Waals surface area contributed by atoms with Crippen LogP contribution in [0.3, 0.4) is 0 Å². The van der Waals surface area contributed by atoms with Crippen LogP contribution in [0.2, 0.25) is 0 Å². The van der Waals surface area contributed by atoms with Crippen LogP contribution in [0.4, 0.5) is 5.82 Å². The normalized spacial score (nSPS) is 15.4. The van der Waals surface area contributed by atoms with Crippen molar-refractivity contribution >= 4 is 11.7 Å². The Balaban J connectivity index is 1.81. The molecule has 1 amide bonds. The molecule has 0 unspecified atom stereocenters. The van der Waals surface area contributed by atoms with E-state index in [0.717, 1.165) is 5.56 Å². The van der Waals surface area contributed by atoms with Crippen LogP contribution in [-0.4, -0.2) is 24.6 Å². The molecule has 7 heteroatoms. The maximum Gasteiger partial charge on any atom is 0.256 e. The highest BCUT2D eigenvalue weighted by molar-refractivity contribution is 6.00. The SMILES string of the molecule is COc1ccc([C@@H]2NC(=O)c3cccnc3N2)cc1OCCCC#N. The molecule has 0 spiro atoms. The van der Waals surface area contributed by atoms with E-state index in [0.29, 0.717) is 42.3 Å². The number of ether oxygens (including phenoxy) is 2. The first-order valence-corrected chi connectivity index (χ1v) is 7.93. The molecule has 0 radical (unpaired) electrons. The number of amides is 1. The molecule has 0 aliphatic carbocycles. The molecule has 1 aliphatic rings. The van der Waals surface area contributed by atoms with E-state index in [2.05, 4.69) is 21.7 Å². The van der Waals surface area contributed by atoms with Gasteiger partial charge in [-0.05, 0) is 36.2 Å². The third-order valence-electron chi connectivity index (χ3n) is 3.82. The lowest BCUT2D eigenvalue weighted by Crippen LogP contribution is -2.38. The van der Waals surface area contributed by atoms with Gasteiger partial charge in [-0.3, -0.25) is 4.79 Å². The van der Waals surface area contributed by atoms with E-state index in [1.807, 2.05) is 12.1 Å². The van der Waals surface area contributed by atoms with Crippen molar-refractivity contribution in [2.45, 2.75) is 19.0 Å². The van der Waals surface area contributed by atoms with Gasteiger partial charge in [0.25, 0.3) is 5.91 Å². The molecule has 3 rings (SSSR count). The highest BCUT2D eigenvalue weighted by Crippen LogP contribution is 2.32. The maximum absolute atomic E-state index is 12.2. The van der Waals surface area contributed by atoms with Crippen LogP contribution in [0.25, 0.3) is 0 Å². The van der Waals surface area contributed by atoms with Crippen molar-refractivity contribution < 1.29 is 14.3 Å². The van der Waals surface area contributed by atoms with Crippen molar-refractivity contribution in [3.05, 3.63) is 47.7 Å². The summed E-state index contributed by atoms with van der Waals surface area (Å²) in [6.45, 7) is 0.419. The Labute approximate surface area is 145 Å². The van der Waals surface area contributed by atoms with Gasteiger partial charge in [-0.2, -0.15) is 5.26 Å². The first kappa shape index (κ1) is 16.6. The fraction of sp³-hybridized carbons (Fsp3) is 0.278. The van der Waals surface area contributed by atoms with Crippen LogP contribution in [0.1, 0.15) is 34.9 Å². The van der Waals surface area contributed by atoms with E-state index >= 15 is 0 Å². The zero-order chi connectivity index (χ0) is 17.6. The molecule has 0 saturated carbocycles. The number of aromatic nitrogens is 1. The zero-order valence-electron chi connectivity index (χ0n) is 13.8. The van der Waals surface area contributed by atoms with Gasteiger partial charge in [0.05, 0.1) is 25.3 Å². The second-order valence-corrected chi connectivity index (χ2v) is 5.47. The number of rotatable bonds is 6. The molecule has 1 atom stereocenters. The maximum atomic E-state index is 12.2. The highest BCUT2D eigenvalue weighted by atomic mass is 16.5. The van der Waals surface area contributed by atoms with Gasteiger partial charge in [0, 0.05) is 12.6 Å². The number of anilines is 1. The lowest BCUT2D eigenvalue weighted by atomic mass is 10.1. The Morgan fingerprint density at radius 2 is 2.16 bits per heavy atom. The topological polar surface area (TPSA) is 96.3 Å². The van der Waals surface area contributed by atoms with Crippen LogP contribution in [-0.2, 0) is 0 Å². The number of pyridine rings is 1. The van der Waals surface area contributed by atoms with Crippen LogP contribution in [0, 0.1) is 11.3 Å². The monoisotopic (exact) mass is 338 g/mol. The molecule has 2 N–H and O–H groups in total. The Bertz CT molecular complexity index is 816. The number of methoxy groups -OCH3 is 1. The van der Waals surface area contributed by atoms with E-state index in [1.165, 1.54) is 0 Å². The summed E-state index contributed by atoms with van der Waals surface area (Å²) in [5.74, 6) is 1.53. The summed E-state index contributed by atoms with van der Waals surface area (Å²) in [6.07, 6.45) is 2.30. The number of nitriles is 1. The largest absolute Gasteiger partial charge is 0.493 e. The van der Waals surface area contributed by atoms with Gasteiger partial charge >= 0.3 is 0 Å². The van der Waals surface area contributed by atoms with Gasteiger partial charge < -0.3 is 20.1 Å². The molecule has 1 aliphatic heterocycles. The number of nitrogens with zero attached hydrogens (tertiary/aromatic N) is 2. The smallest absolute Gasteiger partial charge is 0.256 e. The molecule has 0 saturated heterocycles. The highest BCUT2D eigenvalue weighted by Gasteiger charge is 2.25. The Morgan fingerprint density at radius 1 is 1.28 bits per heavy atom. The number of hydrogen-bond donors (Lipinski definition) is 2. The average molecular weight is 338 g/mol. The molecule has 1 aromatic heterocycles. The summed E-state index contributed by atoms with van der Waals surface area (Å²) in [7, 11) is 1.57. The first-order chi connectivity index (χ1) is 12.2. The molecule has 128 valence electrons. The second kappa shape index (κ2) is 7.53. The summed E-state index contributed by atoms with van der Waals surface area (Å²) < 4.78 is 11.0. The first-order valence-electron chi connectivity index (χ1n) is 7.93. The van der Waals surface area contributed by atoms with Gasteiger partial charge in [0.15, 0.2) is 11.5 Å². The number of fused-ring (bicyclic) bond motifs is 1. The van der Waals surface area contributed by atoms with Crippen molar-refractivity contribution in [1.82, 2.24) is 10.3 Å². The predicted molar refractivity (Wildman–Crippen MR) is 91.4 cm³/mol. The number of unbranched alkanes of at least 4 members (excludes halogenated alkanes) is 1. The van der Waals surface area contributed by atoms with Crippen molar-refractivity contribution in [1.29, 1.82) is 5.26 Å². The molecule has 7 nitrogen and oxygen atoms in total. The van der Waals surface area contributed by atoms with Gasteiger partial charge in [0.1, 0.15) is 12.0 Å². The number of carbonyl (C=O) groups excluding carboxylic acids is 1. The summed E-state index contributed by atoms with van der Waals surface area (Å²) in [5.41, 5.74) is 1.33. The van der Waals surface area contributed by atoms with E-state index in [-0.39, 0.29) is 5.91 Å². The minimum atomic E-state index is -0.415. The van der Waals surface area contributed by atoms with Gasteiger partial charge in [0.2, 0.25) is 0 Å². The molecular formula is C18H18N4O3. The van der Waals surface area contributed by atoms with Crippen molar-refractivity contribution in [2.75, 3.05) is 19.0 Å². The minimum Gasteiger partial charge on any atom is -0.493 e. The summed E-state index contributed by atoms with van der Waals surface area (Å²) in [6, 6.07) is 11.0. The van der Waals surface area contributed by atoms with Crippen LogP contribution < -0.4 is 20.1 Å². The fourth-order valence-corrected chi connectivity index (χ4v) is 2.57. The molecule has 1 aromatic carbocycles. The third kappa shape index (κ3) is 3.63. The van der Waals surface area contributed by atoms with Crippen molar-refractivity contribution in [3.63, 3.8) is 0 Å². The molecule has 2 heterocycles. The average Bonchev–Trinajstić information content (AvgIpc) is 2.65. The van der Waals surface area contributed by atoms with Gasteiger partial charge in [-0.15, -0.1) is 0 Å². The van der Waals surface area contributed by atoms with E-state index in [9.17, 15) is 4.79 Å². The molecule has 25 heavy (non-hydrogen) atoms. The van der Waals surface area contributed by atoms with Gasteiger partial charge in [-0.1, -0.05) is 6.07 Å². The Morgan fingerprint density at radius 3 is 2.96 bits per heavy atom. The molecular weight excluding hydrogens is 320 g/mol. The summed E-state index contributed by atoms with van der Waals surface area (Å²) >= 11 is 0. The molecule has 0 fully saturated rings. The summed E-state index contributed by atoms with van der Waals surface area (Å²) in [4.78, 5) is 16.5. The quantitative estimate of drug-likeness (QED) is 0.786. The lowest BCUT2D eigenvalue weighted by Gasteiger charge is -2.27. The zero-order valence-corrected chi connectivity index (χ0v) is 13.8. The standard InChI is InChI=1S/C18H18N4O3/c1-24-14-7-6-12(11-15(14)25-10-3-2-8-19)16-21-17-13(18(23)22-16)5-4-9-20-17/h4-7,9,11,16H,2-3,10H2,1H3,(H,20,21)(H,22,23)/t16-/m0/s1. The van der Waals surface area contributed by atoms with E-state index < -0.39 is 6.17 Å². The number of carbonyl (C=O) groups is 1. The van der Waals surface area contributed by atoms with Crippen LogP contribution in [0.15, 0.2) is 36.5 Å². The van der Waals surface area contributed by atoms with Crippen LogP contribution >= 0.6 is 0 Å². The predicted octanol–water partition coefficient (Wildman–Crippen LogP) is 2.63. The van der Waals surface area contributed by atoms with Crippen molar-refractivity contribution in [2.24, 2.45) is 0 Å². The Hall–Kier alpha value is -3.27. The number of nitrogens with one attached hydrogen (secondary N) is 2. The summed E-state index contributed by atoms with van der Waals surface area (Å²) in [5, 5.41) is 14.7. The fourth-order valence-electron chi connectivity index (χ4n) is 2.57. The number of benzene rings is 1. The van der Waals surface area contributed by atoms with Gasteiger partial charge in [-0.25, -0.2) is 4.98 Å². The number of hydrogen-bond acceptors (Lipinski definition) is 6. The van der Waals surface area contributed by atoms with E-state index in [1.54, 1.807) is 31.5 Å². The Kier molecular flexibility index (Phi) is 5.00. The third-order valence-corrected chi connectivity index (χ3v) is 3.82. The van der Waals surface area contributed by atoms with Crippen molar-refractivity contribution in [3.8, 4) is 17.6 Å². The second-order valence-electron chi connectivity index (χ2n) is 5.47. The van der Waals surface area contributed by atoms with E-state index in [4.69, 9.17) is 14.7 Å². The minimum absolute atomic E-state index is 0.181. The molecule has 0 bridgehead atoms. The molecule has 2 aromatic rings. The van der Waals surface area contributed by atoms with Crippen LogP contribution in [0.5, 0.6) is 11.5 Å².